The normalized spacial score (nSPS) is 18.6. The Bertz CT molecular complexity index is 702. The van der Waals surface area contributed by atoms with E-state index in [1.807, 2.05) is 0 Å². The van der Waals surface area contributed by atoms with E-state index in [1.165, 1.54) is 11.1 Å². The van der Waals surface area contributed by atoms with Crippen molar-refractivity contribution in [3.8, 4) is 0 Å². The summed E-state index contributed by atoms with van der Waals surface area (Å²) in [6, 6.07) is 4.21. The number of carbonyl (C=O) groups excluding carboxylic acids is 1. The first-order valence-corrected chi connectivity index (χ1v) is 7.92. The molecule has 22 heavy (non-hydrogen) atoms. The van der Waals surface area contributed by atoms with Crippen LogP contribution in [0.2, 0.25) is 0 Å². The van der Waals surface area contributed by atoms with Crippen molar-refractivity contribution in [2.24, 2.45) is 0 Å². The van der Waals surface area contributed by atoms with E-state index in [-0.39, 0.29) is 12.0 Å². The van der Waals surface area contributed by atoms with Gasteiger partial charge >= 0.3 is 0 Å². The second-order valence-electron chi connectivity index (χ2n) is 6.58. The van der Waals surface area contributed by atoms with Crippen molar-refractivity contribution in [1.29, 1.82) is 0 Å². The van der Waals surface area contributed by atoms with Crippen LogP contribution in [0, 0.1) is 6.92 Å². The van der Waals surface area contributed by atoms with Crippen molar-refractivity contribution in [3.63, 3.8) is 0 Å². The van der Waals surface area contributed by atoms with E-state index in [9.17, 15) is 9.90 Å². The average molecular weight is 301 g/mol. The Morgan fingerprint density at radius 1 is 1.45 bits per heavy atom. The molecule has 1 atom stereocenters. The van der Waals surface area contributed by atoms with Gasteiger partial charge in [-0.1, -0.05) is 13.8 Å². The first kappa shape index (κ1) is 15.1. The first-order chi connectivity index (χ1) is 10.5. The van der Waals surface area contributed by atoms with Crippen molar-refractivity contribution in [3.05, 3.63) is 35.1 Å². The molecule has 118 valence electrons. The molecule has 1 amide bonds. The molecule has 0 spiro atoms. The molecular formula is C18H23NO3. The molecule has 2 heterocycles. The number of benzene rings is 1. The number of rotatable bonds is 3. The molecule has 1 fully saturated rings. The van der Waals surface area contributed by atoms with Crippen molar-refractivity contribution in [2.75, 3.05) is 13.1 Å². The molecular weight excluding hydrogens is 278 g/mol. The van der Waals surface area contributed by atoms with E-state index >= 15 is 0 Å². The first-order valence-electron chi connectivity index (χ1n) is 7.92. The summed E-state index contributed by atoms with van der Waals surface area (Å²) in [6.07, 6.45) is 2.33. The summed E-state index contributed by atoms with van der Waals surface area (Å²) in [5.41, 5.74) is 4.28. The molecule has 1 aromatic heterocycles. The zero-order chi connectivity index (χ0) is 15.9. The highest BCUT2D eigenvalue weighted by Crippen LogP contribution is 2.29. The molecule has 4 heteroatoms. The Labute approximate surface area is 130 Å². The SMILES string of the molecule is Cc1cc2occ(CC(=O)N3CC[C@@H](O)C3)c2cc1C(C)C. The van der Waals surface area contributed by atoms with Crippen molar-refractivity contribution >= 4 is 16.9 Å². The Hall–Kier alpha value is -1.81. The number of aliphatic hydroxyl groups excluding tert-OH is 1. The van der Waals surface area contributed by atoms with Gasteiger partial charge in [0.1, 0.15) is 5.58 Å². The van der Waals surface area contributed by atoms with Gasteiger partial charge in [-0.15, -0.1) is 0 Å². The summed E-state index contributed by atoms with van der Waals surface area (Å²) in [5, 5.41) is 10.6. The topological polar surface area (TPSA) is 53.7 Å². The van der Waals surface area contributed by atoms with Crippen molar-refractivity contribution < 1.29 is 14.3 Å². The second kappa shape index (κ2) is 5.76. The van der Waals surface area contributed by atoms with Gasteiger partial charge in [-0.2, -0.15) is 0 Å². The van der Waals surface area contributed by atoms with E-state index in [1.54, 1.807) is 11.2 Å². The smallest absolute Gasteiger partial charge is 0.227 e. The summed E-state index contributed by atoms with van der Waals surface area (Å²) < 4.78 is 5.63. The number of hydrogen-bond acceptors (Lipinski definition) is 3. The van der Waals surface area contributed by atoms with E-state index < -0.39 is 0 Å². The van der Waals surface area contributed by atoms with E-state index in [2.05, 4.69) is 32.9 Å². The quantitative estimate of drug-likeness (QED) is 0.948. The fourth-order valence-corrected chi connectivity index (χ4v) is 3.25. The van der Waals surface area contributed by atoms with Crippen LogP contribution < -0.4 is 0 Å². The van der Waals surface area contributed by atoms with Gasteiger partial charge in [0, 0.05) is 24.0 Å². The zero-order valence-corrected chi connectivity index (χ0v) is 13.4. The number of carbonyl (C=O) groups is 1. The predicted molar refractivity (Wildman–Crippen MR) is 85.9 cm³/mol. The fourth-order valence-electron chi connectivity index (χ4n) is 3.25. The van der Waals surface area contributed by atoms with Gasteiger partial charge in [0.25, 0.3) is 0 Å². The summed E-state index contributed by atoms with van der Waals surface area (Å²) in [7, 11) is 0. The van der Waals surface area contributed by atoms with Gasteiger partial charge in [0.15, 0.2) is 0 Å². The van der Waals surface area contributed by atoms with Crippen LogP contribution in [0.3, 0.4) is 0 Å². The Morgan fingerprint density at radius 2 is 2.23 bits per heavy atom. The van der Waals surface area contributed by atoms with Crippen LogP contribution in [0.1, 0.15) is 42.9 Å². The number of likely N-dealkylation sites (tertiary alicyclic amines) is 1. The van der Waals surface area contributed by atoms with Crippen LogP contribution >= 0.6 is 0 Å². The molecule has 1 N–H and O–H groups in total. The lowest BCUT2D eigenvalue weighted by Gasteiger charge is -2.15. The Kier molecular flexibility index (Phi) is 3.96. The number of amides is 1. The summed E-state index contributed by atoms with van der Waals surface area (Å²) >= 11 is 0. The van der Waals surface area contributed by atoms with Crippen LogP contribution in [0.4, 0.5) is 0 Å². The van der Waals surface area contributed by atoms with Gasteiger partial charge < -0.3 is 14.4 Å². The minimum atomic E-state index is -0.375. The third-order valence-electron chi connectivity index (χ3n) is 4.52. The van der Waals surface area contributed by atoms with Crippen LogP contribution in [0.25, 0.3) is 11.0 Å². The maximum Gasteiger partial charge on any atom is 0.227 e. The van der Waals surface area contributed by atoms with Crippen molar-refractivity contribution in [1.82, 2.24) is 4.90 Å². The number of β-amino-alcohol motifs (C(OH)–C–C–N with tert-alkyl or cyclic N) is 1. The molecule has 4 nitrogen and oxygen atoms in total. The number of fused-ring (bicyclic) bond motifs is 1. The third-order valence-corrected chi connectivity index (χ3v) is 4.52. The van der Waals surface area contributed by atoms with Gasteiger partial charge in [-0.3, -0.25) is 4.79 Å². The minimum absolute atomic E-state index is 0.0610. The number of aliphatic hydroxyl groups is 1. The third kappa shape index (κ3) is 2.75. The molecule has 1 aliphatic rings. The monoisotopic (exact) mass is 301 g/mol. The molecule has 1 saturated heterocycles. The highest BCUT2D eigenvalue weighted by molar-refractivity contribution is 5.88. The van der Waals surface area contributed by atoms with Crippen molar-refractivity contribution in [2.45, 2.75) is 45.6 Å². The van der Waals surface area contributed by atoms with E-state index in [0.29, 0.717) is 31.8 Å². The standard InChI is InChI=1S/C18H23NO3/c1-11(2)15-8-16-13(10-22-17(16)6-12(15)3)7-18(21)19-5-4-14(20)9-19/h6,8,10-11,14,20H,4-5,7,9H2,1-3H3/t14-/m1/s1. The number of hydrogen-bond donors (Lipinski definition) is 1. The largest absolute Gasteiger partial charge is 0.464 e. The summed E-state index contributed by atoms with van der Waals surface area (Å²) in [4.78, 5) is 14.1. The lowest BCUT2D eigenvalue weighted by molar-refractivity contribution is -0.129. The number of furan rings is 1. The molecule has 3 rings (SSSR count). The summed E-state index contributed by atoms with van der Waals surface area (Å²) in [6.45, 7) is 7.53. The van der Waals surface area contributed by atoms with Gasteiger partial charge in [-0.05, 0) is 42.5 Å². The van der Waals surface area contributed by atoms with Crippen LogP contribution in [-0.2, 0) is 11.2 Å². The summed E-state index contributed by atoms with van der Waals surface area (Å²) in [5.74, 6) is 0.502. The number of aryl methyl sites for hydroxylation is 1. The lowest BCUT2D eigenvalue weighted by Crippen LogP contribution is -2.30. The van der Waals surface area contributed by atoms with Crippen LogP contribution in [-0.4, -0.2) is 35.1 Å². The fraction of sp³-hybridized carbons (Fsp3) is 0.500. The highest BCUT2D eigenvalue weighted by atomic mass is 16.3. The second-order valence-corrected chi connectivity index (χ2v) is 6.58. The van der Waals surface area contributed by atoms with Crippen LogP contribution in [0.15, 0.2) is 22.8 Å². The Morgan fingerprint density at radius 3 is 2.86 bits per heavy atom. The van der Waals surface area contributed by atoms with E-state index in [0.717, 1.165) is 16.5 Å². The molecule has 1 aromatic carbocycles. The van der Waals surface area contributed by atoms with Gasteiger partial charge in [-0.25, -0.2) is 0 Å². The highest BCUT2D eigenvalue weighted by Gasteiger charge is 2.25. The molecule has 0 aliphatic carbocycles. The van der Waals surface area contributed by atoms with E-state index in [4.69, 9.17) is 4.42 Å². The predicted octanol–water partition coefficient (Wildman–Crippen LogP) is 3.00. The molecule has 0 bridgehead atoms. The molecule has 0 radical (unpaired) electrons. The maximum absolute atomic E-state index is 12.4. The molecule has 2 aromatic rings. The minimum Gasteiger partial charge on any atom is -0.464 e. The van der Waals surface area contributed by atoms with Gasteiger partial charge in [0.05, 0.1) is 18.8 Å². The maximum atomic E-state index is 12.4. The number of nitrogens with zero attached hydrogens (tertiary/aromatic N) is 1. The zero-order valence-electron chi connectivity index (χ0n) is 13.4. The average Bonchev–Trinajstić information content (AvgIpc) is 3.04. The lowest BCUT2D eigenvalue weighted by atomic mass is 9.95. The van der Waals surface area contributed by atoms with Gasteiger partial charge in [0.2, 0.25) is 5.91 Å². The molecule has 0 unspecified atom stereocenters. The van der Waals surface area contributed by atoms with Crippen LogP contribution in [0.5, 0.6) is 0 Å². The Balaban J connectivity index is 1.88. The molecule has 0 saturated carbocycles. The molecule has 1 aliphatic heterocycles.